The fraction of sp³-hybridized carbons (Fsp3) is 0.906. The predicted molar refractivity (Wildman–Crippen MR) is 152 cm³/mol. The molecule has 1 aromatic heterocycles. The maximum absolute atomic E-state index is 2.59. The van der Waals surface area contributed by atoms with E-state index >= 15 is 0 Å². The molecule has 0 atom stereocenters. The first-order valence-corrected chi connectivity index (χ1v) is 15.9. The maximum atomic E-state index is 2.59. The fourth-order valence-electron chi connectivity index (χ4n) is 5.24. The molecule has 0 amide bonds. The lowest BCUT2D eigenvalue weighted by Gasteiger charge is -2.06. The normalized spacial score (nSPS) is 11.5. The summed E-state index contributed by atoms with van der Waals surface area (Å²) in [5, 5.41) is 0. The molecule has 0 saturated heterocycles. The number of hydrogen-bond donors (Lipinski definition) is 0. The minimum atomic E-state index is 1.20. The fourth-order valence-corrected chi connectivity index (χ4v) is 5.24. The van der Waals surface area contributed by atoms with Gasteiger partial charge in [-0.1, -0.05) is 143 Å². The van der Waals surface area contributed by atoms with Crippen molar-refractivity contribution in [1.82, 2.24) is 4.57 Å². The highest BCUT2D eigenvalue weighted by atomic mass is 15.1. The lowest BCUT2D eigenvalue weighted by atomic mass is 10.0. The minimum Gasteiger partial charge on any atom is -0.234 e. The van der Waals surface area contributed by atoms with E-state index in [2.05, 4.69) is 42.3 Å². The second-order valence-corrected chi connectivity index (χ2v) is 10.9. The number of hydrogen-bond acceptors (Lipinski definition) is 0. The molecule has 0 radical (unpaired) electrons. The van der Waals surface area contributed by atoms with Crippen LogP contribution in [0, 0.1) is 0 Å². The molecule has 0 aliphatic rings. The molecular formula is C32H63N2+. The van der Waals surface area contributed by atoms with Gasteiger partial charge < -0.3 is 0 Å². The molecule has 0 N–H and O–H groups in total. The Morgan fingerprint density at radius 1 is 0.500 bits per heavy atom. The van der Waals surface area contributed by atoms with E-state index < -0.39 is 0 Å². The zero-order chi connectivity index (χ0) is 24.5. The van der Waals surface area contributed by atoms with E-state index in [0.29, 0.717) is 0 Å². The quantitative estimate of drug-likeness (QED) is 0.0930. The lowest BCUT2D eigenvalue weighted by molar-refractivity contribution is -0.704. The first-order valence-electron chi connectivity index (χ1n) is 15.9. The van der Waals surface area contributed by atoms with Crippen LogP contribution in [0.25, 0.3) is 0 Å². The summed E-state index contributed by atoms with van der Waals surface area (Å²) in [4.78, 5) is 0. The molecule has 0 spiro atoms. The molecule has 1 rings (SSSR count). The number of aryl methyl sites for hydroxylation is 2. The summed E-state index contributed by atoms with van der Waals surface area (Å²) in [5.74, 6) is 1.60. The average molecular weight is 476 g/mol. The summed E-state index contributed by atoms with van der Waals surface area (Å²) in [5.41, 5.74) is 0. The molecule has 2 nitrogen and oxygen atoms in total. The highest BCUT2D eigenvalue weighted by Gasteiger charge is 2.16. The third-order valence-electron chi connectivity index (χ3n) is 7.60. The Bertz CT molecular complexity index is 533. The van der Waals surface area contributed by atoms with Gasteiger partial charge in [0.25, 0.3) is 5.82 Å². The smallest absolute Gasteiger partial charge is 0.234 e. The van der Waals surface area contributed by atoms with Crippen molar-refractivity contribution in [2.24, 2.45) is 0 Å². The number of rotatable bonds is 26. The van der Waals surface area contributed by atoms with Gasteiger partial charge in [-0.2, -0.15) is 0 Å². The van der Waals surface area contributed by atoms with E-state index in [9.17, 15) is 0 Å². The van der Waals surface area contributed by atoms with E-state index in [1.165, 1.54) is 167 Å². The van der Waals surface area contributed by atoms with E-state index in [1.807, 2.05) is 0 Å². The average Bonchev–Trinajstić information content (AvgIpc) is 3.23. The molecular weight excluding hydrogens is 412 g/mol. The molecule has 0 aliphatic carbocycles. The number of unbranched alkanes of at least 4 members (excludes halogenated alkanes) is 20. The largest absolute Gasteiger partial charge is 0.256 e. The zero-order valence-corrected chi connectivity index (χ0v) is 23.9. The number of nitrogens with zero attached hydrogens (tertiary/aromatic N) is 2. The first-order chi connectivity index (χ1) is 16.8. The van der Waals surface area contributed by atoms with E-state index in [0.717, 1.165) is 0 Å². The summed E-state index contributed by atoms with van der Waals surface area (Å²) in [6.07, 6.45) is 38.6. The monoisotopic (exact) mass is 475 g/mol. The maximum Gasteiger partial charge on any atom is 0.256 e. The van der Waals surface area contributed by atoms with Crippen LogP contribution in [0.4, 0.5) is 0 Å². The highest BCUT2D eigenvalue weighted by Crippen LogP contribution is 2.14. The summed E-state index contributed by atoms with van der Waals surface area (Å²) in [6.45, 7) is 9.35. The number of imidazole rings is 1. The lowest BCUT2D eigenvalue weighted by Crippen LogP contribution is -2.37. The molecule has 0 aromatic carbocycles. The second kappa shape index (κ2) is 23.9. The Kier molecular flexibility index (Phi) is 22.0. The molecule has 2 heteroatoms. The Labute approximate surface area is 215 Å². The van der Waals surface area contributed by atoms with Gasteiger partial charge in [0.2, 0.25) is 0 Å². The molecule has 0 bridgehead atoms. The van der Waals surface area contributed by atoms with E-state index in [4.69, 9.17) is 0 Å². The van der Waals surface area contributed by atoms with Crippen molar-refractivity contribution < 1.29 is 4.57 Å². The van der Waals surface area contributed by atoms with Crippen molar-refractivity contribution in [3.05, 3.63) is 18.2 Å². The van der Waals surface area contributed by atoms with Crippen LogP contribution in [0.3, 0.4) is 0 Å². The van der Waals surface area contributed by atoms with Crippen LogP contribution < -0.4 is 4.57 Å². The molecule has 0 unspecified atom stereocenters. The predicted octanol–water partition coefficient (Wildman–Crippen LogP) is 10.4. The minimum absolute atomic E-state index is 1.20. The summed E-state index contributed by atoms with van der Waals surface area (Å²) in [7, 11) is 0. The van der Waals surface area contributed by atoms with Crippen molar-refractivity contribution in [1.29, 1.82) is 0 Å². The van der Waals surface area contributed by atoms with Crippen LogP contribution in [0.1, 0.15) is 174 Å². The van der Waals surface area contributed by atoms with E-state index in [1.54, 1.807) is 5.82 Å². The van der Waals surface area contributed by atoms with Gasteiger partial charge in [0.15, 0.2) is 0 Å². The van der Waals surface area contributed by atoms with E-state index in [-0.39, 0.29) is 0 Å². The molecule has 1 aromatic rings. The Morgan fingerprint density at radius 3 is 1.38 bits per heavy atom. The van der Waals surface area contributed by atoms with Gasteiger partial charge in [0.1, 0.15) is 12.4 Å². The third-order valence-corrected chi connectivity index (χ3v) is 7.60. The summed E-state index contributed by atoms with van der Waals surface area (Å²) >= 11 is 0. The summed E-state index contributed by atoms with van der Waals surface area (Å²) in [6, 6.07) is 0. The zero-order valence-electron chi connectivity index (χ0n) is 23.9. The van der Waals surface area contributed by atoms with Crippen LogP contribution in [-0.4, -0.2) is 4.57 Å². The van der Waals surface area contributed by atoms with Crippen LogP contribution in [0.15, 0.2) is 12.4 Å². The molecule has 1 heterocycles. The van der Waals surface area contributed by atoms with Gasteiger partial charge in [-0.15, -0.1) is 0 Å². The molecule has 0 saturated carbocycles. The van der Waals surface area contributed by atoms with Crippen molar-refractivity contribution in [3.63, 3.8) is 0 Å². The molecule has 200 valence electrons. The van der Waals surface area contributed by atoms with Crippen LogP contribution in [-0.2, 0) is 19.5 Å². The Hall–Kier alpha value is -0.790. The van der Waals surface area contributed by atoms with Crippen molar-refractivity contribution in [2.75, 3.05) is 0 Å². The first kappa shape index (κ1) is 31.2. The van der Waals surface area contributed by atoms with Gasteiger partial charge in [0.05, 0.1) is 13.1 Å². The third kappa shape index (κ3) is 16.8. The standard InChI is InChI=1S/C32H63N2/c1-4-7-10-12-14-16-17-18-19-21-23-25-27-32-33(28-9-6-3)30-31-34(32)29-26-24-22-20-15-13-11-8-5-2/h30-31H,4-29H2,1-3H3/q+1. The van der Waals surface area contributed by atoms with Gasteiger partial charge in [-0.25, -0.2) is 9.13 Å². The SMILES string of the molecule is CCCCCCCCCCCCCCc1n(CCCC)cc[n+]1CCCCCCCCCCC. The van der Waals surface area contributed by atoms with Crippen LogP contribution in [0.5, 0.6) is 0 Å². The Morgan fingerprint density at radius 2 is 0.912 bits per heavy atom. The molecule has 34 heavy (non-hydrogen) atoms. The summed E-state index contributed by atoms with van der Waals surface area (Å²) < 4.78 is 5.16. The number of aromatic nitrogens is 2. The van der Waals surface area contributed by atoms with Crippen LogP contribution in [0.2, 0.25) is 0 Å². The highest BCUT2D eigenvalue weighted by molar-refractivity contribution is 4.84. The molecule has 0 fully saturated rings. The van der Waals surface area contributed by atoms with Crippen LogP contribution >= 0.6 is 0 Å². The van der Waals surface area contributed by atoms with Crippen molar-refractivity contribution in [2.45, 2.75) is 188 Å². The van der Waals surface area contributed by atoms with Gasteiger partial charge in [-0.3, -0.25) is 0 Å². The van der Waals surface area contributed by atoms with Gasteiger partial charge in [0, 0.05) is 6.42 Å². The van der Waals surface area contributed by atoms with Crippen molar-refractivity contribution in [3.8, 4) is 0 Å². The Balaban J connectivity index is 2.19. The topological polar surface area (TPSA) is 8.81 Å². The molecule has 0 aliphatic heterocycles. The van der Waals surface area contributed by atoms with Crippen molar-refractivity contribution >= 4 is 0 Å². The van der Waals surface area contributed by atoms with Gasteiger partial charge in [-0.05, 0) is 25.7 Å². The second-order valence-electron chi connectivity index (χ2n) is 10.9. The van der Waals surface area contributed by atoms with Gasteiger partial charge >= 0.3 is 0 Å².